The molecule has 35 heavy (non-hydrogen) atoms. The van der Waals surface area contributed by atoms with Crippen LogP contribution in [-0.2, 0) is 18.3 Å². The average Bonchev–Trinajstić information content (AvgIpc) is 3.18. The van der Waals surface area contributed by atoms with Gasteiger partial charge in [-0.1, -0.05) is 11.6 Å². The van der Waals surface area contributed by atoms with Crippen molar-refractivity contribution < 1.29 is 9.53 Å². The van der Waals surface area contributed by atoms with Gasteiger partial charge in [-0.2, -0.15) is 0 Å². The molecule has 9 heteroatoms. The molecule has 3 heterocycles. The Labute approximate surface area is 206 Å². The zero-order valence-electron chi connectivity index (χ0n) is 22.0. The number of benzene rings is 1. The number of hydrogen-bond acceptors (Lipinski definition) is 6. The number of ether oxygens (including phenoxy) is 1. The van der Waals surface area contributed by atoms with Gasteiger partial charge in [-0.25, -0.2) is 4.79 Å². The minimum atomic E-state index is -0.515. The van der Waals surface area contributed by atoms with E-state index in [4.69, 9.17) is 4.74 Å². The smallest absolute Gasteiger partial charge is 0.410 e. The maximum absolute atomic E-state index is 12.9. The monoisotopic (exact) mass is 482 g/mol. The summed E-state index contributed by atoms with van der Waals surface area (Å²) in [6.07, 6.45) is 1.87. The van der Waals surface area contributed by atoms with Crippen LogP contribution in [0.4, 0.5) is 4.79 Å². The van der Waals surface area contributed by atoms with Crippen molar-refractivity contribution in [2.75, 3.05) is 19.6 Å². The van der Waals surface area contributed by atoms with Gasteiger partial charge in [0.1, 0.15) is 5.60 Å². The lowest BCUT2D eigenvalue weighted by Gasteiger charge is -2.37. The Bertz CT molecular complexity index is 1290. The highest BCUT2D eigenvalue weighted by Gasteiger charge is 2.29. The van der Waals surface area contributed by atoms with E-state index < -0.39 is 5.60 Å². The van der Waals surface area contributed by atoms with Crippen molar-refractivity contribution in [1.29, 1.82) is 0 Å². The summed E-state index contributed by atoms with van der Waals surface area (Å²) >= 11 is 0. The zero-order chi connectivity index (χ0) is 25.5. The lowest BCUT2D eigenvalue weighted by Crippen LogP contribution is -2.47. The van der Waals surface area contributed by atoms with E-state index in [1.54, 1.807) is 11.6 Å². The first-order valence-electron chi connectivity index (χ1n) is 12.5. The van der Waals surface area contributed by atoms with Crippen LogP contribution in [0.15, 0.2) is 23.0 Å². The summed E-state index contributed by atoms with van der Waals surface area (Å²) in [6, 6.07) is 5.98. The maximum atomic E-state index is 12.9. The van der Waals surface area contributed by atoms with Gasteiger partial charge in [-0.3, -0.25) is 18.7 Å². The van der Waals surface area contributed by atoms with Crippen molar-refractivity contribution in [3.8, 4) is 0 Å². The number of fused-ring (bicyclic) bond motifs is 3. The summed E-state index contributed by atoms with van der Waals surface area (Å²) in [5.74, 6) is 1.71. The third-order valence-electron chi connectivity index (χ3n) is 6.62. The highest BCUT2D eigenvalue weighted by Crippen LogP contribution is 2.23. The normalized spacial score (nSPS) is 17.4. The van der Waals surface area contributed by atoms with Gasteiger partial charge in [0.2, 0.25) is 5.78 Å². The molecule has 0 N–H and O–H groups in total. The minimum absolute atomic E-state index is 0.0656. The molecule has 0 spiro atoms. The SMILES string of the molecule is Cc1ccc2c(c1)c(=O)n(C)c1nnc(CN3CCCC(CN(C(=O)OC(C)(C)C)C(C)C)C3)n21. The second-order valence-corrected chi connectivity index (χ2v) is 11.1. The molecule has 1 saturated heterocycles. The molecule has 4 rings (SSSR count). The van der Waals surface area contributed by atoms with Crippen LogP contribution >= 0.6 is 0 Å². The molecule has 1 atom stereocenters. The summed E-state index contributed by atoms with van der Waals surface area (Å²) in [5, 5.41) is 9.49. The predicted octanol–water partition coefficient (Wildman–Crippen LogP) is 3.75. The van der Waals surface area contributed by atoms with Gasteiger partial charge in [-0.05, 0) is 79.0 Å². The molecule has 1 amide bonds. The van der Waals surface area contributed by atoms with Crippen LogP contribution in [0.1, 0.15) is 58.8 Å². The fourth-order valence-electron chi connectivity index (χ4n) is 4.90. The van der Waals surface area contributed by atoms with E-state index in [1.165, 1.54) is 0 Å². The van der Waals surface area contributed by atoms with Crippen LogP contribution in [0.3, 0.4) is 0 Å². The number of aromatic nitrogens is 4. The van der Waals surface area contributed by atoms with Gasteiger partial charge in [-0.15, -0.1) is 10.2 Å². The lowest BCUT2D eigenvalue weighted by atomic mass is 9.97. The van der Waals surface area contributed by atoms with Crippen molar-refractivity contribution in [3.05, 3.63) is 39.9 Å². The zero-order valence-corrected chi connectivity index (χ0v) is 22.0. The van der Waals surface area contributed by atoms with Crippen LogP contribution in [0.5, 0.6) is 0 Å². The van der Waals surface area contributed by atoms with Gasteiger partial charge < -0.3 is 9.64 Å². The van der Waals surface area contributed by atoms with Crippen LogP contribution in [0.25, 0.3) is 16.7 Å². The molecule has 1 unspecified atom stereocenters. The van der Waals surface area contributed by atoms with Crippen molar-refractivity contribution in [2.24, 2.45) is 13.0 Å². The van der Waals surface area contributed by atoms with E-state index in [-0.39, 0.29) is 17.7 Å². The fraction of sp³-hybridized carbons (Fsp3) is 0.615. The first-order chi connectivity index (χ1) is 16.4. The molecular weight excluding hydrogens is 444 g/mol. The van der Waals surface area contributed by atoms with Gasteiger partial charge in [0.15, 0.2) is 5.82 Å². The maximum Gasteiger partial charge on any atom is 0.410 e. The molecule has 3 aromatic rings. The second kappa shape index (κ2) is 9.60. The molecule has 1 aromatic carbocycles. The summed E-state index contributed by atoms with van der Waals surface area (Å²) < 4.78 is 9.23. The summed E-state index contributed by atoms with van der Waals surface area (Å²) in [6.45, 7) is 14.9. The van der Waals surface area contributed by atoms with Crippen LogP contribution in [0.2, 0.25) is 0 Å². The molecule has 190 valence electrons. The van der Waals surface area contributed by atoms with Crippen LogP contribution < -0.4 is 5.56 Å². The highest BCUT2D eigenvalue weighted by atomic mass is 16.6. The number of carbonyl (C=O) groups is 1. The number of hydrogen-bond donors (Lipinski definition) is 0. The number of rotatable bonds is 5. The molecule has 1 aliphatic heterocycles. The fourth-order valence-corrected chi connectivity index (χ4v) is 4.90. The molecule has 0 bridgehead atoms. The number of aryl methyl sites for hydroxylation is 2. The van der Waals surface area contributed by atoms with E-state index in [9.17, 15) is 9.59 Å². The van der Waals surface area contributed by atoms with Gasteiger partial charge in [0.25, 0.3) is 5.56 Å². The molecule has 2 aromatic heterocycles. The summed E-state index contributed by atoms with van der Waals surface area (Å²) in [7, 11) is 1.74. The Balaban J connectivity index is 1.55. The van der Waals surface area contributed by atoms with Crippen LogP contribution in [-0.4, -0.2) is 66.3 Å². The topological polar surface area (TPSA) is 85.0 Å². The van der Waals surface area contributed by atoms with Gasteiger partial charge >= 0.3 is 6.09 Å². The van der Waals surface area contributed by atoms with Gasteiger partial charge in [0.05, 0.1) is 17.4 Å². The molecule has 1 aliphatic rings. The quantitative estimate of drug-likeness (QED) is 0.551. The van der Waals surface area contributed by atoms with Crippen molar-refractivity contribution in [2.45, 2.75) is 72.6 Å². The third kappa shape index (κ3) is 5.34. The van der Waals surface area contributed by atoms with E-state index in [2.05, 4.69) is 15.1 Å². The highest BCUT2D eigenvalue weighted by molar-refractivity contribution is 5.81. The summed E-state index contributed by atoms with van der Waals surface area (Å²) in [4.78, 5) is 29.9. The molecular formula is C26H38N6O3. The van der Waals surface area contributed by atoms with E-state index in [0.29, 0.717) is 30.2 Å². The molecule has 0 saturated carbocycles. The average molecular weight is 483 g/mol. The Hall–Kier alpha value is -2.94. The molecule has 9 nitrogen and oxygen atoms in total. The Kier molecular flexibility index (Phi) is 6.90. The molecule has 1 fully saturated rings. The van der Waals surface area contributed by atoms with Crippen molar-refractivity contribution in [3.63, 3.8) is 0 Å². The second-order valence-electron chi connectivity index (χ2n) is 11.1. The van der Waals surface area contributed by atoms with Crippen LogP contribution in [0, 0.1) is 12.8 Å². The Morgan fingerprint density at radius 2 is 2.00 bits per heavy atom. The summed E-state index contributed by atoms with van der Waals surface area (Å²) in [5.41, 5.74) is 1.29. The van der Waals surface area contributed by atoms with Crippen molar-refractivity contribution in [1.82, 2.24) is 29.0 Å². The number of piperidine rings is 1. The largest absolute Gasteiger partial charge is 0.444 e. The minimum Gasteiger partial charge on any atom is -0.444 e. The Morgan fingerprint density at radius 3 is 2.69 bits per heavy atom. The Morgan fingerprint density at radius 1 is 1.26 bits per heavy atom. The number of likely N-dealkylation sites (tertiary alicyclic amines) is 1. The number of amides is 1. The molecule has 0 aliphatic carbocycles. The van der Waals surface area contributed by atoms with E-state index in [0.717, 1.165) is 42.8 Å². The predicted molar refractivity (Wildman–Crippen MR) is 137 cm³/mol. The number of nitrogens with zero attached hydrogens (tertiary/aromatic N) is 6. The third-order valence-corrected chi connectivity index (χ3v) is 6.62. The first-order valence-corrected chi connectivity index (χ1v) is 12.5. The van der Waals surface area contributed by atoms with Gasteiger partial charge in [0, 0.05) is 26.2 Å². The standard InChI is InChI=1S/C26H38N6O3/c1-17(2)31(25(34)35-26(4,5)6)15-19-9-8-12-30(14-19)16-22-27-28-24-29(7)23(33)20-13-18(3)10-11-21(20)32(22)24/h10-11,13,17,19H,8-9,12,14-16H2,1-7H3. The number of carbonyl (C=O) groups excluding carboxylic acids is 1. The lowest BCUT2D eigenvalue weighted by molar-refractivity contribution is 0.0117. The van der Waals surface area contributed by atoms with E-state index in [1.807, 2.05) is 69.0 Å². The van der Waals surface area contributed by atoms with Crippen molar-refractivity contribution >= 4 is 22.8 Å². The molecule has 0 radical (unpaired) electrons. The van der Waals surface area contributed by atoms with E-state index >= 15 is 0 Å². The first kappa shape index (κ1) is 25.2.